The highest BCUT2D eigenvalue weighted by atomic mass is 32.2. The highest BCUT2D eigenvalue weighted by Crippen LogP contribution is 2.36. The summed E-state index contributed by atoms with van der Waals surface area (Å²) < 4.78 is 5.88. The predicted octanol–water partition coefficient (Wildman–Crippen LogP) is 0.744. The van der Waals surface area contributed by atoms with E-state index >= 15 is 0 Å². The number of carbonyl (C=O) groups is 1. The quantitative estimate of drug-likeness (QED) is 0.714. The van der Waals surface area contributed by atoms with Crippen molar-refractivity contribution < 1.29 is 9.53 Å². The van der Waals surface area contributed by atoms with Crippen LogP contribution in [0.4, 0.5) is 0 Å². The summed E-state index contributed by atoms with van der Waals surface area (Å²) in [4.78, 5) is 11.8. The lowest BCUT2D eigenvalue weighted by atomic mass is 9.94. The number of carbonyl (C=O) groups excluding carboxylic acids is 1. The normalized spacial score (nSPS) is 31.3. The smallest absolute Gasteiger partial charge is 0.231 e. The van der Waals surface area contributed by atoms with Gasteiger partial charge >= 0.3 is 0 Å². The minimum absolute atomic E-state index is 0.00410. The van der Waals surface area contributed by atoms with E-state index in [2.05, 4.69) is 28.3 Å². The zero-order valence-electron chi connectivity index (χ0n) is 11.5. The average Bonchev–Trinajstić information content (AvgIpc) is 2.89. The zero-order valence-corrected chi connectivity index (χ0v) is 12.3. The number of hydrazine groups is 1. The number of para-hydroxylation sites is 1. The van der Waals surface area contributed by atoms with Crippen LogP contribution in [0, 0.1) is 5.92 Å². The second-order valence-electron chi connectivity index (χ2n) is 5.51. The van der Waals surface area contributed by atoms with Crippen LogP contribution in [0.15, 0.2) is 29.8 Å². The molecule has 4 rings (SSSR count). The Balaban J connectivity index is 1.66. The first kappa shape index (κ1) is 13.2. The second kappa shape index (κ2) is 5.36. The van der Waals surface area contributed by atoms with E-state index in [9.17, 15) is 4.79 Å². The minimum atomic E-state index is -0.00410. The Morgan fingerprint density at radius 2 is 2.19 bits per heavy atom. The maximum Gasteiger partial charge on any atom is 0.231 e. The van der Waals surface area contributed by atoms with Crippen LogP contribution in [0.5, 0.6) is 5.75 Å². The third-order valence-corrected chi connectivity index (χ3v) is 5.58. The van der Waals surface area contributed by atoms with Gasteiger partial charge in [0.2, 0.25) is 5.91 Å². The highest BCUT2D eigenvalue weighted by Gasteiger charge is 2.39. The summed E-state index contributed by atoms with van der Waals surface area (Å²) in [5.74, 6) is 1.86. The van der Waals surface area contributed by atoms with E-state index in [0.717, 1.165) is 17.9 Å². The molecule has 0 spiro atoms. The van der Waals surface area contributed by atoms with E-state index in [1.165, 1.54) is 5.57 Å². The van der Waals surface area contributed by atoms with Crippen molar-refractivity contribution in [3.05, 3.63) is 35.4 Å². The lowest BCUT2D eigenvalue weighted by molar-refractivity contribution is -0.119. The fourth-order valence-corrected chi connectivity index (χ4v) is 4.39. The number of fused-ring (bicyclic) bond motifs is 2. The van der Waals surface area contributed by atoms with Crippen molar-refractivity contribution in [2.45, 2.75) is 11.4 Å². The molecule has 0 aromatic heterocycles. The summed E-state index contributed by atoms with van der Waals surface area (Å²) in [5.41, 5.74) is 8.69. The van der Waals surface area contributed by atoms with E-state index in [-0.39, 0.29) is 17.3 Å². The molecule has 3 unspecified atom stereocenters. The van der Waals surface area contributed by atoms with Crippen molar-refractivity contribution in [2.75, 3.05) is 18.9 Å². The number of hydrogen-bond acceptors (Lipinski definition) is 5. The molecule has 1 aromatic carbocycles. The first-order chi connectivity index (χ1) is 10.3. The number of amides is 1. The van der Waals surface area contributed by atoms with Crippen LogP contribution in [0.2, 0.25) is 0 Å². The van der Waals surface area contributed by atoms with Crippen LogP contribution in [-0.2, 0) is 4.79 Å². The van der Waals surface area contributed by atoms with E-state index in [4.69, 9.17) is 4.74 Å². The number of thioether (sulfide) groups is 1. The van der Waals surface area contributed by atoms with E-state index in [0.29, 0.717) is 18.3 Å². The lowest BCUT2D eigenvalue weighted by Gasteiger charge is -2.28. The Bertz CT molecular complexity index is 604. The predicted molar refractivity (Wildman–Crippen MR) is 82.7 cm³/mol. The molecule has 0 aliphatic carbocycles. The molecule has 2 fully saturated rings. The third kappa shape index (κ3) is 2.43. The van der Waals surface area contributed by atoms with Crippen molar-refractivity contribution >= 4 is 23.7 Å². The molecule has 3 heterocycles. The monoisotopic (exact) mass is 303 g/mol. The number of hydrogen-bond donors (Lipinski definition) is 3. The molecule has 1 amide bonds. The summed E-state index contributed by atoms with van der Waals surface area (Å²) in [6, 6.07) is 8.08. The molecule has 5 nitrogen and oxygen atoms in total. The molecule has 1 aromatic rings. The van der Waals surface area contributed by atoms with Gasteiger partial charge in [0.1, 0.15) is 12.4 Å². The van der Waals surface area contributed by atoms with Crippen LogP contribution >= 0.6 is 11.8 Å². The van der Waals surface area contributed by atoms with Crippen LogP contribution in [-0.4, -0.2) is 36.2 Å². The fraction of sp³-hybridized carbons (Fsp3) is 0.400. The van der Waals surface area contributed by atoms with Gasteiger partial charge in [0.15, 0.2) is 0 Å². The van der Waals surface area contributed by atoms with Gasteiger partial charge in [0, 0.05) is 23.3 Å². The van der Waals surface area contributed by atoms with Gasteiger partial charge in [-0.25, -0.2) is 5.43 Å². The van der Waals surface area contributed by atoms with Crippen LogP contribution < -0.4 is 20.9 Å². The molecule has 0 radical (unpaired) electrons. The Hall–Kier alpha value is -1.50. The third-order valence-electron chi connectivity index (χ3n) is 4.14. The largest absolute Gasteiger partial charge is 0.489 e. The van der Waals surface area contributed by atoms with Crippen molar-refractivity contribution in [2.24, 2.45) is 5.92 Å². The van der Waals surface area contributed by atoms with Crippen molar-refractivity contribution in [3.8, 4) is 5.75 Å². The SMILES string of the molecule is O=C1CSC(C2=Cc3ccccc3OC2)C2CNNC2N1. The van der Waals surface area contributed by atoms with Gasteiger partial charge < -0.3 is 10.1 Å². The van der Waals surface area contributed by atoms with Crippen molar-refractivity contribution in [3.63, 3.8) is 0 Å². The van der Waals surface area contributed by atoms with Gasteiger partial charge in [-0.2, -0.15) is 0 Å². The molecule has 110 valence electrons. The van der Waals surface area contributed by atoms with Crippen molar-refractivity contribution in [1.82, 2.24) is 16.2 Å². The lowest BCUT2D eigenvalue weighted by Crippen LogP contribution is -2.47. The molecule has 2 saturated heterocycles. The van der Waals surface area contributed by atoms with E-state index in [1.807, 2.05) is 18.2 Å². The Labute approximate surface area is 127 Å². The molecule has 21 heavy (non-hydrogen) atoms. The number of rotatable bonds is 1. The van der Waals surface area contributed by atoms with Gasteiger partial charge in [-0.15, -0.1) is 11.8 Å². The average molecular weight is 303 g/mol. The molecule has 0 bridgehead atoms. The van der Waals surface area contributed by atoms with Gasteiger partial charge in [0.05, 0.1) is 11.9 Å². The Morgan fingerprint density at radius 1 is 1.29 bits per heavy atom. The van der Waals surface area contributed by atoms with E-state index in [1.54, 1.807) is 11.8 Å². The fourth-order valence-electron chi connectivity index (χ4n) is 3.12. The summed E-state index contributed by atoms with van der Waals surface area (Å²) in [7, 11) is 0. The summed E-state index contributed by atoms with van der Waals surface area (Å²) in [5, 5.41) is 3.31. The molecule has 3 N–H and O–H groups in total. The molecule has 3 aliphatic heterocycles. The topological polar surface area (TPSA) is 62.4 Å². The van der Waals surface area contributed by atoms with Gasteiger partial charge in [-0.1, -0.05) is 18.2 Å². The first-order valence-corrected chi connectivity index (χ1v) is 8.18. The van der Waals surface area contributed by atoms with Gasteiger partial charge in [0.25, 0.3) is 0 Å². The minimum Gasteiger partial charge on any atom is -0.489 e. The maximum atomic E-state index is 11.8. The molecule has 6 heteroatoms. The van der Waals surface area contributed by atoms with Crippen LogP contribution in [0.3, 0.4) is 0 Å². The Kier molecular flexibility index (Phi) is 3.37. The standard InChI is InChI=1S/C15H17N3O2S/c19-13-8-21-14(11-6-16-18-15(11)17-13)10-5-9-3-1-2-4-12(9)20-7-10/h1-5,11,14-16,18H,6-8H2,(H,17,19). The molecular weight excluding hydrogens is 286 g/mol. The van der Waals surface area contributed by atoms with Crippen LogP contribution in [0.1, 0.15) is 5.56 Å². The molecule has 3 atom stereocenters. The number of ether oxygens (including phenoxy) is 1. The zero-order chi connectivity index (χ0) is 14.2. The van der Waals surface area contributed by atoms with Crippen molar-refractivity contribution in [1.29, 1.82) is 0 Å². The second-order valence-corrected chi connectivity index (χ2v) is 6.64. The number of nitrogens with one attached hydrogen (secondary N) is 3. The summed E-state index contributed by atoms with van der Waals surface area (Å²) in [6.45, 7) is 1.45. The molecule has 0 saturated carbocycles. The van der Waals surface area contributed by atoms with Crippen LogP contribution in [0.25, 0.3) is 6.08 Å². The first-order valence-electron chi connectivity index (χ1n) is 7.13. The summed E-state index contributed by atoms with van der Waals surface area (Å²) >= 11 is 1.71. The molecular formula is C15H17N3O2S. The molecule has 3 aliphatic rings. The maximum absolute atomic E-state index is 11.8. The summed E-state index contributed by atoms with van der Waals surface area (Å²) in [6.07, 6.45) is 2.22. The number of benzene rings is 1. The van der Waals surface area contributed by atoms with Gasteiger partial charge in [-0.3, -0.25) is 10.2 Å². The highest BCUT2D eigenvalue weighted by molar-refractivity contribution is 8.00. The Morgan fingerprint density at radius 3 is 3.14 bits per heavy atom. The van der Waals surface area contributed by atoms with E-state index < -0.39 is 0 Å². The van der Waals surface area contributed by atoms with Gasteiger partial charge in [-0.05, 0) is 17.7 Å².